The fraction of sp³-hybridized carbons (Fsp3) is 0.688. The number of morpholine rings is 1. The number of urea groups is 1. The van der Waals surface area contributed by atoms with Crippen molar-refractivity contribution in [1.82, 2.24) is 25.1 Å². The molecule has 0 aromatic carbocycles. The Hall–Kier alpha value is -1.93. The van der Waals surface area contributed by atoms with Gasteiger partial charge in [-0.15, -0.1) is 0 Å². The van der Waals surface area contributed by atoms with E-state index in [-0.39, 0.29) is 6.03 Å². The molecule has 2 saturated heterocycles. The molecule has 24 heavy (non-hydrogen) atoms. The van der Waals surface area contributed by atoms with Crippen molar-refractivity contribution < 1.29 is 9.53 Å². The Morgan fingerprint density at radius 1 is 1.17 bits per heavy atom. The van der Waals surface area contributed by atoms with E-state index >= 15 is 0 Å². The Labute approximate surface area is 142 Å². The van der Waals surface area contributed by atoms with Crippen LogP contribution in [0.2, 0.25) is 0 Å². The second-order valence-corrected chi connectivity index (χ2v) is 6.21. The number of carbonyl (C=O) groups excluding carboxylic acids is 1. The van der Waals surface area contributed by atoms with Gasteiger partial charge < -0.3 is 19.9 Å². The first-order valence-corrected chi connectivity index (χ1v) is 8.60. The summed E-state index contributed by atoms with van der Waals surface area (Å²) in [6.45, 7) is 9.15. The highest BCUT2D eigenvalue weighted by molar-refractivity contribution is 5.74. The molecule has 2 aliphatic rings. The van der Waals surface area contributed by atoms with Gasteiger partial charge in [0.05, 0.1) is 13.2 Å². The number of nitrogens with one attached hydrogen (secondary N) is 1. The van der Waals surface area contributed by atoms with Gasteiger partial charge in [0.25, 0.3) is 0 Å². The maximum Gasteiger partial charge on any atom is 0.317 e. The predicted octanol–water partition coefficient (Wildman–Crippen LogP) is 0.0289. The van der Waals surface area contributed by atoms with E-state index in [2.05, 4.69) is 32.0 Å². The lowest BCUT2D eigenvalue weighted by atomic mass is 10.2. The zero-order valence-electron chi connectivity index (χ0n) is 14.2. The number of aromatic nitrogens is 2. The van der Waals surface area contributed by atoms with Crippen molar-refractivity contribution in [2.45, 2.75) is 13.0 Å². The highest BCUT2D eigenvalue weighted by atomic mass is 16.5. The molecule has 1 aromatic heterocycles. The molecule has 0 aliphatic carbocycles. The van der Waals surface area contributed by atoms with Crippen LogP contribution in [0.5, 0.6) is 0 Å². The molecule has 8 nitrogen and oxygen atoms in total. The number of hydrogen-bond acceptors (Lipinski definition) is 6. The topological polar surface area (TPSA) is 73.8 Å². The lowest BCUT2D eigenvalue weighted by Crippen LogP contribution is -2.54. The molecule has 0 saturated carbocycles. The number of piperazine rings is 1. The molecule has 0 bridgehead atoms. The molecular weight excluding hydrogens is 308 g/mol. The molecule has 132 valence electrons. The smallest absolute Gasteiger partial charge is 0.317 e. The van der Waals surface area contributed by atoms with Gasteiger partial charge in [-0.1, -0.05) is 0 Å². The largest absolute Gasteiger partial charge is 0.379 e. The zero-order chi connectivity index (χ0) is 16.8. The number of amides is 2. The lowest BCUT2D eigenvalue weighted by Gasteiger charge is -2.36. The molecule has 2 aliphatic heterocycles. The number of carbonyl (C=O) groups is 1. The van der Waals surface area contributed by atoms with E-state index in [4.69, 9.17) is 4.74 Å². The molecule has 2 amide bonds. The number of hydrogen-bond donors (Lipinski definition) is 1. The monoisotopic (exact) mass is 334 g/mol. The van der Waals surface area contributed by atoms with Crippen LogP contribution >= 0.6 is 0 Å². The van der Waals surface area contributed by atoms with Gasteiger partial charge in [0, 0.05) is 64.2 Å². The minimum atomic E-state index is 0.0174. The summed E-state index contributed by atoms with van der Waals surface area (Å²) < 4.78 is 5.37. The van der Waals surface area contributed by atoms with Crippen LogP contribution < -0.4 is 10.2 Å². The standard InChI is InChI=1S/C16H26N6O2/c1-14(20-9-11-24-12-10-20)13-19-16(23)22-7-5-21(6-8-22)15-17-3-2-4-18-15/h2-4,14H,5-13H2,1H3,(H,19,23). The first-order chi connectivity index (χ1) is 11.7. The molecule has 1 N–H and O–H groups in total. The molecule has 8 heteroatoms. The Morgan fingerprint density at radius 2 is 1.83 bits per heavy atom. The van der Waals surface area contributed by atoms with E-state index in [0.29, 0.717) is 25.7 Å². The molecule has 0 spiro atoms. The lowest BCUT2D eigenvalue weighted by molar-refractivity contribution is 0.0206. The van der Waals surface area contributed by atoms with Crippen LogP contribution in [0, 0.1) is 0 Å². The minimum Gasteiger partial charge on any atom is -0.379 e. The highest BCUT2D eigenvalue weighted by Gasteiger charge is 2.23. The normalized spacial score (nSPS) is 20.7. The summed E-state index contributed by atoms with van der Waals surface area (Å²) in [5.74, 6) is 0.735. The average molecular weight is 334 g/mol. The van der Waals surface area contributed by atoms with E-state index in [1.54, 1.807) is 12.4 Å². The number of anilines is 1. The highest BCUT2D eigenvalue weighted by Crippen LogP contribution is 2.10. The van der Waals surface area contributed by atoms with E-state index in [1.807, 2.05) is 11.0 Å². The predicted molar refractivity (Wildman–Crippen MR) is 91.1 cm³/mol. The quantitative estimate of drug-likeness (QED) is 0.837. The van der Waals surface area contributed by atoms with Gasteiger partial charge in [-0.25, -0.2) is 14.8 Å². The van der Waals surface area contributed by atoms with Crippen LogP contribution in [0.25, 0.3) is 0 Å². The third kappa shape index (κ3) is 4.33. The van der Waals surface area contributed by atoms with Crippen molar-refractivity contribution in [2.75, 3.05) is 63.9 Å². The van der Waals surface area contributed by atoms with Crippen LogP contribution in [0.15, 0.2) is 18.5 Å². The first kappa shape index (κ1) is 16.9. The van der Waals surface area contributed by atoms with Crippen molar-refractivity contribution in [2.24, 2.45) is 0 Å². The number of rotatable bonds is 4. The van der Waals surface area contributed by atoms with Crippen molar-refractivity contribution in [3.8, 4) is 0 Å². The molecule has 1 atom stereocenters. The van der Waals surface area contributed by atoms with Gasteiger partial charge in [-0.2, -0.15) is 0 Å². The summed E-state index contributed by atoms with van der Waals surface area (Å²) in [5, 5.41) is 3.06. The fourth-order valence-electron chi connectivity index (χ4n) is 3.06. The van der Waals surface area contributed by atoms with E-state index in [9.17, 15) is 4.79 Å². The summed E-state index contributed by atoms with van der Waals surface area (Å²) in [5.41, 5.74) is 0. The first-order valence-electron chi connectivity index (χ1n) is 8.60. The molecular formula is C16H26N6O2. The fourth-order valence-corrected chi connectivity index (χ4v) is 3.06. The van der Waals surface area contributed by atoms with Gasteiger partial charge in [0.1, 0.15) is 0 Å². The van der Waals surface area contributed by atoms with Crippen molar-refractivity contribution in [3.05, 3.63) is 18.5 Å². The maximum atomic E-state index is 12.4. The van der Waals surface area contributed by atoms with E-state index < -0.39 is 0 Å². The molecule has 1 aromatic rings. The minimum absolute atomic E-state index is 0.0174. The Balaban J connectivity index is 1.40. The van der Waals surface area contributed by atoms with Crippen LogP contribution in [-0.4, -0.2) is 90.9 Å². The summed E-state index contributed by atoms with van der Waals surface area (Å²) in [6.07, 6.45) is 3.49. The Kier molecular flexibility index (Phi) is 5.81. The van der Waals surface area contributed by atoms with Gasteiger partial charge in [0.15, 0.2) is 0 Å². The Bertz CT molecular complexity index is 515. The number of ether oxygens (including phenoxy) is 1. The third-order valence-corrected chi connectivity index (χ3v) is 4.62. The average Bonchev–Trinajstić information content (AvgIpc) is 2.67. The zero-order valence-corrected chi connectivity index (χ0v) is 14.2. The van der Waals surface area contributed by atoms with Crippen molar-refractivity contribution in [3.63, 3.8) is 0 Å². The van der Waals surface area contributed by atoms with Crippen molar-refractivity contribution in [1.29, 1.82) is 0 Å². The SMILES string of the molecule is CC(CNC(=O)N1CCN(c2ncccn2)CC1)N1CCOCC1. The van der Waals surface area contributed by atoms with Gasteiger partial charge >= 0.3 is 6.03 Å². The Morgan fingerprint density at radius 3 is 2.50 bits per heavy atom. The van der Waals surface area contributed by atoms with E-state index in [1.165, 1.54) is 0 Å². The van der Waals surface area contributed by atoms with Crippen molar-refractivity contribution >= 4 is 12.0 Å². The molecule has 3 rings (SSSR count). The maximum absolute atomic E-state index is 12.4. The third-order valence-electron chi connectivity index (χ3n) is 4.62. The summed E-state index contributed by atoms with van der Waals surface area (Å²) in [6, 6.07) is 2.16. The second kappa shape index (κ2) is 8.25. The summed E-state index contributed by atoms with van der Waals surface area (Å²) in [7, 11) is 0. The second-order valence-electron chi connectivity index (χ2n) is 6.21. The molecule has 0 radical (unpaired) electrons. The van der Waals surface area contributed by atoms with Gasteiger partial charge in [0.2, 0.25) is 5.95 Å². The van der Waals surface area contributed by atoms with Gasteiger partial charge in [-0.05, 0) is 13.0 Å². The number of nitrogens with zero attached hydrogens (tertiary/aromatic N) is 5. The van der Waals surface area contributed by atoms with E-state index in [0.717, 1.165) is 45.3 Å². The summed E-state index contributed by atoms with van der Waals surface area (Å²) >= 11 is 0. The summed E-state index contributed by atoms with van der Waals surface area (Å²) in [4.78, 5) is 27.2. The molecule has 1 unspecified atom stereocenters. The van der Waals surface area contributed by atoms with Crippen LogP contribution in [0.1, 0.15) is 6.92 Å². The van der Waals surface area contributed by atoms with Crippen LogP contribution in [0.3, 0.4) is 0 Å². The van der Waals surface area contributed by atoms with Gasteiger partial charge in [-0.3, -0.25) is 4.90 Å². The molecule has 3 heterocycles. The van der Waals surface area contributed by atoms with Crippen LogP contribution in [0.4, 0.5) is 10.7 Å². The van der Waals surface area contributed by atoms with Crippen LogP contribution in [-0.2, 0) is 4.74 Å². The molecule has 2 fully saturated rings.